The lowest BCUT2D eigenvalue weighted by molar-refractivity contribution is 1.09. The predicted octanol–water partition coefficient (Wildman–Crippen LogP) is 3.83. The van der Waals surface area contributed by atoms with Gasteiger partial charge in [-0.2, -0.15) is 0 Å². The summed E-state index contributed by atoms with van der Waals surface area (Å²) in [5.41, 5.74) is 4.23. The first kappa shape index (κ1) is 12.2. The van der Waals surface area contributed by atoms with Gasteiger partial charge in [-0.05, 0) is 24.3 Å². The van der Waals surface area contributed by atoms with E-state index in [2.05, 4.69) is 60.8 Å². The molecule has 3 aromatic rings. The molecule has 0 spiro atoms. The van der Waals surface area contributed by atoms with Crippen LogP contribution in [0.15, 0.2) is 53.3 Å². The van der Waals surface area contributed by atoms with Gasteiger partial charge >= 0.3 is 0 Å². The first-order valence-corrected chi connectivity index (χ1v) is 6.85. The zero-order valence-corrected chi connectivity index (χ0v) is 12.4. The maximum absolute atomic E-state index is 4.64. The van der Waals surface area contributed by atoms with Gasteiger partial charge < -0.3 is 9.30 Å². The number of hydrogen-bond acceptors (Lipinski definition) is 2. The van der Waals surface area contributed by atoms with Crippen molar-refractivity contribution in [1.82, 2.24) is 9.38 Å². The van der Waals surface area contributed by atoms with Crippen molar-refractivity contribution in [2.45, 2.75) is 0 Å². The summed E-state index contributed by atoms with van der Waals surface area (Å²) < 4.78 is 3.14. The highest BCUT2D eigenvalue weighted by molar-refractivity contribution is 9.10. The molecule has 0 saturated heterocycles. The number of imidazole rings is 1. The van der Waals surface area contributed by atoms with E-state index < -0.39 is 0 Å². The highest BCUT2D eigenvalue weighted by Crippen LogP contribution is 2.22. The van der Waals surface area contributed by atoms with Crippen LogP contribution in [0.2, 0.25) is 0 Å². The normalized spacial score (nSPS) is 10.9. The highest BCUT2D eigenvalue weighted by atomic mass is 79.9. The number of pyridine rings is 1. The van der Waals surface area contributed by atoms with Crippen molar-refractivity contribution in [3.8, 4) is 11.3 Å². The number of fused-ring (bicyclic) bond motifs is 1. The van der Waals surface area contributed by atoms with E-state index in [4.69, 9.17) is 0 Å². The van der Waals surface area contributed by atoms with Crippen LogP contribution in [-0.2, 0) is 0 Å². The van der Waals surface area contributed by atoms with E-state index in [0.29, 0.717) is 0 Å². The molecule has 0 N–H and O–H groups in total. The van der Waals surface area contributed by atoms with Crippen molar-refractivity contribution in [1.29, 1.82) is 0 Å². The van der Waals surface area contributed by atoms with E-state index >= 15 is 0 Å². The quantitative estimate of drug-likeness (QED) is 0.716. The first-order valence-electron chi connectivity index (χ1n) is 6.05. The third-order valence-corrected chi connectivity index (χ3v) is 3.62. The van der Waals surface area contributed by atoms with E-state index in [1.165, 1.54) is 0 Å². The Morgan fingerprint density at radius 3 is 2.42 bits per heavy atom. The summed E-state index contributed by atoms with van der Waals surface area (Å²) in [6.07, 6.45) is 4.15. The van der Waals surface area contributed by atoms with Crippen molar-refractivity contribution in [2.24, 2.45) is 0 Å². The number of aromatic nitrogens is 2. The molecule has 96 valence electrons. The predicted molar refractivity (Wildman–Crippen MR) is 82.7 cm³/mol. The minimum Gasteiger partial charge on any atom is -0.376 e. The van der Waals surface area contributed by atoms with Crippen LogP contribution < -0.4 is 4.90 Å². The number of benzene rings is 1. The Morgan fingerprint density at radius 2 is 1.74 bits per heavy atom. The van der Waals surface area contributed by atoms with Gasteiger partial charge in [-0.3, -0.25) is 0 Å². The average molecular weight is 316 g/mol. The van der Waals surface area contributed by atoms with E-state index in [0.717, 1.165) is 27.1 Å². The molecule has 0 saturated carbocycles. The molecule has 2 heterocycles. The molecular formula is C15H14BrN3. The van der Waals surface area contributed by atoms with Gasteiger partial charge in [0.05, 0.1) is 11.4 Å². The summed E-state index contributed by atoms with van der Waals surface area (Å²) in [6.45, 7) is 0. The highest BCUT2D eigenvalue weighted by Gasteiger charge is 2.05. The van der Waals surface area contributed by atoms with Gasteiger partial charge in [0.25, 0.3) is 0 Å². The van der Waals surface area contributed by atoms with Crippen LogP contribution in [0.3, 0.4) is 0 Å². The molecule has 0 aliphatic heterocycles. The van der Waals surface area contributed by atoms with Gasteiger partial charge in [-0.25, -0.2) is 4.98 Å². The molecule has 0 amide bonds. The fraction of sp³-hybridized carbons (Fsp3) is 0.133. The summed E-state index contributed by atoms with van der Waals surface area (Å²) in [7, 11) is 4.07. The van der Waals surface area contributed by atoms with Gasteiger partial charge in [0, 0.05) is 36.5 Å². The SMILES string of the molecule is CN(C)c1ccc2nc(-c3ccc(Br)cc3)cn2c1. The monoisotopic (exact) mass is 315 g/mol. The standard InChI is InChI=1S/C15H14BrN3/c1-18(2)13-7-8-15-17-14(10-19(15)9-13)11-3-5-12(16)6-4-11/h3-10H,1-2H3. The summed E-state index contributed by atoms with van der Waals surface area (Å²) in [4.78, 5) is 6.72. The minimum atomic E-state index is 0.962. The van der Waals surface area contributed by atoms with Crippen molar-refractivity contribution < 1.29 is 0 Å². The Bertz CT molecular complexity index is 714. The zero-order chi connectivity index (χ0) is 13.4. The number of anilines is 1. The third-order valence-electron chi connectivity index (χ3n) is 3.09. The van der Waals surface area contributed by atoms with Gasteiger partial charge in [0.1, 0.15) is 5.65 Å². The Morgan fingerprint density at radius 1 is 1.00 bits per heavy atom. The lowest BCUT2D eigenvalue weighted by atomic mass is 10.2. The second-order valence-corrected chi connectivity index (χ2v) is 5.60. The van der Waals surface area contributed by atoms with E-state index in [1.807, 2.05) is 32.3 Å². The minimum absolute atomic E-state index is 0.962. The van der Waals surface area contributed by atoms with Crippen LogP contribution in [0.5, 0.6) is 0 Å². The van der Waals surface area contributed by atoms with Crippen molar-refractivity contribution >= 4 is 27.3 Å². The van der Waals surface area contributed by atoms with Crippen molar-refractivity contribution in [2.75, 3.05) is 19.0 Å². The molecule has 3 nitrogen and oxygen atoms in total. The molecule has 2 aromatic heterocycles. The van der Waals surface area contributed by atoms with Crippen LogP contribution >= 0.6 is 15.9 Å². The molecule has 0 aliphatic carbocycles. The third kappa shape index (κ3) is 2.36. The van der Waals surface area contributed by atoms with Gasteiger partial charge in [-0.1, -0.05) is 28.1 Å². The van der Waals surface area contributed by atoms with Crippen LogP contribution in [0.1, 0.15) is 0 Å². The molecule has 3 rings (SSSR count). The first-order chi connectivity index (χ1) is 9.13. The molecule has 0 bridgehead atoms. The summed E-state index contributed by atoms with van der Waals surface area (Å²) in [5.74, 6) is 0. The van der Waals surface area contributed by atoms with Crippen LogP contribution in [0, 0.1) is 0 Å². The molecule has 0 fully saturated rings. The fourth-order valence-electron chi connectivity index (χ4n) is 2.00. The lowest BCUT2D eigenvalue weighted by Gasteiger charge is -2.11. The Balaban J connectivity index is 2.08. The molecule has 0 atom stereocenters. The van der Waals surface area contributed by atoms with E-state index in [9.17, 15) is 0 Å². The molecule has 0 radical (unpaired) electrons. The van der Waals surface area contributed by atoms with E-state index in [-0.39, 0.29) is 0 Å². The van der Waals surface area contributed by atoms with E-state index in [1.54, 1.807) is 0 Å². The van der Waals surface area contributed by atoms with Gasteiger partial charge in [0.2, 0.25) is 0 Å². The molecular weight excluding hydrogens is 302 g/mol. The van der Waals surface area contributed by atoms with Crippen LogP contribution in [0.25, 0.3) is 16.9 Å². The summed E-state index contributed by atoms with van der Waals surface area (Å²) in [5, 5.41) is 0. The number of hydrogen-bond donors (Lipinski definition) is 0. The molecule has 1 aromatic carbocycles. The van der Waals surface area contributed by atoms with Crippen molar-refractivity contribution in [3.05, 3.63) is 53.3 Å². The van der Waals surface area contributed by atoms with Crippen molar-refractivity contribution in [3.63, 3.8) is 0 Å². The summed E-state index contributed by atoms with van der Waals surface area (Å²) >= 11 is 3.45. The number of rotatable bonds is 2. The molecule has 19 heavy (non-hydrogen) atoms. The summed E-state index contributed by atoms with van der Waals surface area (Å²) in [6, 6.07) is 12.3. The number of halogens is 1. The molecule has 4 heteroatoms. The Hall–Kier alpha value is -1.81. The Kier molecular flexibility index (Phi) is 3.03. The lowest BCUT2D eigenvalue weighted by Crippen LogP contribution is -2.08. The number of nitrogens with zero attached hydrogens (tertiary/aromatic N) is 3. The average Bonchev–Trinajstić information content (AvgIpc) is 2.82. The van der Waals surface area contributed by atoms with Gasteiger partial charge in [-0.15, -0.1) is 0 Å². The zero-order valence-electron chi connectivity index (χ0n) is 10.8. The van der Waals surface area contributed by atoms with Crippen LogP contribution in [-0.4, -0.2) is 23.5 Å². The smallest absolute Gasteiger partial charge is 0.137 e. The maximum Gasteiger partial charge on any atom is 0.137 e. The molecule has 0 aliphatic rings. The Labute approximate surface area is 120 Å². The topological polar surface area (TPSA) is 20.5 Å². The maximum atomic E-state index is 4.64. The molecule has 0 unspecified atom stereocenters. The van der Waals surface area contributed by atoms with Crippen LogP contribution in [0.4, 0.5) is 5.69 Å². The van der Waals surface area contributed by atoms with Gasteiger partial charge in [0.15, 0.2) is 0 Å². The second kappa shape index (κ2) is 4.70. The fourth-order valence-corrected chi connectivity index (χ4v) is 2.27. The largest absolute Gasteiger partial charge is 0.376 e. The second-order valence-electron chi connectivity index (χ2n) is 4.68.